The molecule has 2 N–H and O–H groups in total. The monoisotopic (exact) mass is 293 g/mol. The summed E-state index contributed by atoms with van der Waals surface area (Å²) in [6.45, 7) is 9.36. The number of aromatic nitrogens is 3. The number of nitrogens with one attached hydrogen (secondary N) is 2. The predicted molar refractivity (Wildman–Crippen MR) is 77.9 cm³/mol. The molecule has 1 aliphatic rings. The van der Waals surface area contributed by atoms with Crippen molar-refractivity contribution in [1.82, 2.24) is 25.6 Å². The third-order valence-corrected chi connectivity index (χ3v) is 3.66. The van der Waals surface area contributed by atoms with E-state index >= 15 is 0 Å². The number of fused-ring (bicyclic) bond motifs is 1. The van der Waals surface area contributed by atoms with Gasteiger partial charge in [0.1, 0.15) is 0 Å². The Bertz CT molecular complexity index is 535. The van der Waals surface area contributed by atoms with Crippen molar-refractivity contribution < 1.29 is 9.59 Å². The molecule has 116 valence electrons. The van der Waals surface area contributed by atoms with E-state index in [1.807, 2.05) is 13.8 Å². The van der Waals surface area contributed by atoms with Crippen molar-refractivity contribution in [1.29, 1.82) is 0 Å². The van der Waals surface area contributed by atoms with Crippen molar-refractivity contribution >= 4 is 11.8 Å². The Morgan fingerprint density at radius 3 is 2.76 bits per heavy atom. The van der Waals surface area contributed by atoms with Gasteiger partial charge in [-0.05, 0) is 18.3 Å². The number of carbonyl (C=O) groups is 2. The number of hydrogen-bond donors (Lipinski definition) is 2. The molecule has 0 aliphatic carbocycles. The summed E-state index contributed by atoms with van der Waals surface area (Å²) in [5.74, 6) is 0.193. The fraction of sp³-hybridized carbons (Fsp3) is 0.714. The maximum Gasteiger partial charge on any atom is 0.274 e. The van der Waals surface area contributed by atoms with Crippen LogP contribution in [0.5, 0.6) is 0 Å². The Kier molecular flexibility index (Phi) is 4.59. The maximum atomic E-state index is 12.2. The smallest absolute Gasteiger partial charge is 0.274 e. The molecule has 7 heteroatoms. The predicted octanol–water partition coefficient (Wildman–Crippen LogP) is 0.822. The molecule has 0 spiro atoms. The van der Waals surface area contributed by atoms with Crippen molar-refractivity contribution in [3.63, 3.8) is 0 Å². The van der Waals surface area contributed by atoms with Crippen molar-refractivity contribution in [3.05, 3.63) is 11.4 Å². The van der Waals surface area contributed by atoms with Gasteiger partial charge >= 0.3 is 0 Å². The summed E-state index contributed by atoms with van der Waals surface area (Å²) in [5, 5.41) is 13.5. The van der Waals surface area contributed by atoms with Crippen LogP contribution in [-0.4, -0.2) is 39.4 Å². The SMILES string of the molecule is CC(C)CCNC(=O)c1nnn2c1C(=O)N[C@@H](C(C)C)C2. The third kappa shape index (κ3) is 3.40. The average molecular weight is 293 g/mol. The van der Waals surface area contributed by atoms with E-state index in [2.05, 4.69) is 34.8 Å². The van der Waals surface area contributed by atoms with Gasteiger partial charge in [-0.3, -0.25) is 9.59 Å². The first-order valence-corrected chi connectivity index (χ1v) is 7.42. The van der Waals surface area contributed by atoms with Gasteiger partial charge in [-0.25, -0.2) is 4.68 Å². The minimum atomic E-state index is -0.338. The molecular weight excluding hydrogens is 270 g/mol. The van der Waals surface area contributed by atoms with E-state index in [9.17, 15) is 9.59 Å². The first kappa shape index (κ1) is 15.5. The summed E-state index contributed by atoms with van der Waals surface area (Å²) in [7, 11) is 0. The van der Waals surface area contributed by atoms with Gasteiger partial charge in [0.25, 0.3) is 11.8 Å². The molecule has 0 radical (unpaired) electrons. The first-order valence-electron chi connectivity index (χ1n) is 7.42. The van der Waals surface area contributed by atoms with E-state index in [1.165, 1.54) is 4.68 Å². The van der Waals surface area contributed by atoms with Crippen LogP contribution < -0.4 is 10.6 Å². The zero-order chi connectivity index (χ0) is 15.6. The standard InChI is InChI=1S/C14H23N5O2/c1-8(2)5-6-15-13(20)11-12-14(21)16-10(9(3)4)7-19(12)18-17-11/h8-10H,5-7H2,1-4H3,(H,15,20)(H,16,21)/t10-/m1/s1. The van der Waals surface area contributed by atoms with Crippen LogP contribution in [0.2, 0.25) is 0 Å². The molecule has 21 heavy (non-hydrogen) atoms. The Morgan fingerprint density at radius 2 is 2.14 bits per heavy atom. The normalized spacial score (nSPS) is 17.8. The zero-order valence-electron chi connectivity index (χ0n) is 13.0. The van der Waals surface area contributed by atoms with Crippen LogP contribution >= 0.6 is 0 Å². The van der Waals surface area contributed by atoms with Gasteiger partial charge in [0.15, 0.2) is 11.4 Å². The Morgan fingerprint density at radius 1 is 1.43 bits per heavy atom. The van der Waals surface area contributed by atoms with Crippen LogP contribution in [0.4, 0.5) is 0 Å². The first-order chi connectivity index (χ1) is 9.90. The van der Waals surface area contributed by atoms with Crippen LogP contribution in [0, 0.1) is 11.8 Å². The molecular formula is C14H23N5O2. The molecule has 0 aromatic carbocycles. The lowest BCUT2D eigenvalue weighted by molar-refractivity contribution is 0.0861. The van der Waals surface area contributed by atoms with Crippen molar-refractivity contribution in [2.45, 2.75) is 46.7 Å². The van der Waals surface area contributed by atoms with Crippen molar-refractivity contribution in [2.24, 2.45) is 11.8 Å². The number of carbonyl (C=O) groups excluding carboxylic acids is 2. The highest BCUT2D eigenvalue weighted by atomic mass is 16.2. The lowest BCUT2D eigenvalue weighted by Gasteiger charge is -2.27. The minimum Gasteiger partial charge on any atom is -0.351 e. The Hall–Kier alpha value is -1.92. The second-order valence-electron chi connectivity index (χ2n) is 6.23. The van der Waals surface area contributed by atoms with E-state index in [1.54, 1.807) is 0 Å². The summed E-state index contributed by atoms with van der Waals surface area (Å²) in [5.41, 5.74) is 0.368. The molecule has 7 nitrogen and oxygen atoms in total. The van der Waals surface area contributed by atoms with Crippen LogP contribution in [0.15, 0.2) is 0 Å². The largest absolute Gasteiger partial charge is 0.351 e. The number of hydrogen-bond acceptors (Lipinski definition) is 4. The molecule has 2 rings (SSSR count). The van der Waals surface area contributed by atoms with Gasteiger partial charge in [-0.1, -0.05) is 32.9 Å². The van der Waals surface area contributed by atoms with E-state index in [4.69, 9.17) is 0 Å². The lowest BCUT2D eigenvalue weighted by Crippen LogP contribution is -2.48. The molecule has 0 saturated heterocycles. The topological polar surface area (TPSA) is 88.9 Å². The van der Waals surface area contributed by atoms with Gasteiger partial charge in [-0.15, -0.1) is 5.10 Å². The molecule has 2 heterocycles. The maximum absolute atomic E-state index is 12.2. The number of amides is 2. The third-order valence-electron chi connectivity index (χ3n) is 3.66. The Labute approximate surface area is 124 Å². The number of rotatable bonds is 5. The highest BCUT2D eigenvalue weighted by molar-refractivity contribution is 6.05. The lowest BCUT2D eigenvalue weighted by atomic mass is 10.0. The van der Waals surface area contributed by atoms with Crippen LogP contribution in [0.3, 0.4) is 0 Å². The molecule has 1 atom stereocenters. The van der Waals surface area contributed by atoms with Crippen molar-refractivity contribution in [2.75, 3.05) is 6.54 Å². The molecule has 0 fully saturated rings. The molecule has 1 aliphatic heterocycles. The molecule has 0 unspecified atom stereocenters. The van der Waals surface area contributed by atoms with E-state index in [0.717, 1.165) is 6.42 Å². The van der Waals surface area contributed by atoms with Crippen LogP contribution in [0.25, 0.3) is 0 Å². The number of nitrogens with zero attached hydrogens (tertiary/aromatic N) is 3. The fourth-order valence-corrected chi connectivity index (χ4v) is 2.22. The molecule has 0 saturated carbocycles. The zero-order valence-corrected chi connectivity index (χ0v) is 13.0. The highest BCUT2D eigenvalue weighted by Gasteiger charge is 2.32. The van der Waals surface area contributed by atoms with Gasteiger partial charge in [0.2, 0.25) is 0 Å². The van der Waals surface area contributed by atoms with E-state index < -0.39 is 0 Å². The summed E-state index contributed by atoms with van der Waals surface area (Å²) in [4.78, 5) is 24.3. The highest BCUT2D eigenvalue weighted by Crippen LogP contribution is 2.15. The summed E-state index contributed by atoms with van der Waals surface area (Å²) in [6.07, 6.45) is 0.886. The summed E-state index contributed by atoms with van der Waals surface area (Å²) < 4.78 is 1.53. The average Bonchev–Trinajstić information content (AvgIpc) is 2.82. The molecule has 2 amide bonds. The second kappa shape index (κ2) is 6.24. The van der Waals surface area contributed by atoms with Gasteiger partial charge < -0.3 is 10.6 Å². The fourth-order valence-electron chi connectivity index (χ4n) is 2.22. The van der Waals surface area contributed by atoms with Crippen molar-refractivity contribution in [3.8, 4) is 0 Å². The molecule has 1 aromatic rings. The van der Waals surface area contributed by atoms with Gasteiger partial charge in [0.05, 0.1) is 12.6 Å². The van der Waals surface area contributed by atoms with Crippen LogP contribution in [0.1, 0.15) is 55.1 Å². The van der Waals surface area contributed by atoms with Gasteiger partial charge in [-0.2, -0.15) is 0 Å². The minimum absolute atomic E-state index is 0.0172. The van der Waals surface area contributed by atoms with E-state index in [0.29, 0.717) is 24.9 Å². The summed E-state index contributed by atoms with van der Waals surface area (Å²) >= 11 is 0. The van der Waals surface area contributed by atoms with Crippen LogP contribution in [-0.2, 0) is 6.54 Å². The molecule has 0 bridgehead atoms. The quantitative estimate of drug-likeness (QED) is 0.841. The second-order valence-corrected chi connectivity index (χ2v) is 6.23. The molecule has 1 aromatic heterocycles. The summed E-state index contributed by atoms with van der Waals surface area (Å²) in [6, 6.07) is 0.0172. The Balaban J connectivity index is 2.11. The van der Waals surface area contributed by atoms with E-state index in [-0.39, 0.29) is 29.2 Å². The van der Waals surface area contributed by atoms with Gasteiger partial charge in [0, 0.05) is 6.54 Å².